The molecule has 1 heterocycles. The van der Waals surface area contributed by atoms with Gasteiger partial charge in [0, 0.05) is 12.3 Å². The van der Waals surface area contributed by atoms with Crippen LogP contribution in [0.25, 0.3) is 0 Å². The molecule has 0 atom stereocenters. The summed E-state index contributed by atoms with van der Waals surface area (Å²) in [6.45, 7) is 2.66. The largest absolute Gasteiger partial charge is 0.455 e. The van der Waals surface area contributed by atoms with Crippen molar-refractivity contribution in [3.63, 3.8) is 0 Å². The van der Waals surface area contributed by atoms with E-state index >= 15 is 0 Å². The number of aryl methyl sites for hydroxylation is 1. The standard InChI is InChI=1S/C18H18N2O3S/c1-13-5-4-6-14(11-13)23-16-8-3-2-7-15(16)19-17(21)12-20-9-10-24-18(20)22/h2-8,11H,9-10,12H2,1H3,(H,19,21). The first-order chi connectivity index (χ1) is 11.6. The molecular formula is C18H18N2O3S. The Labute approximate surface area is 145 Å². The molecule has 0 aliphatic carbocycles. The molecule has 1 saturated heterocycles. The molecule has 3 rings (SSSR count). The van der Waals surface area contributed by atoms with Crippen molar-refractivity contribution in [1.29, 1.82) is 0 Å². The van der Waals surface area contributed by atoms with E-state index in [1.165, 1.54) is 11.8 Å². The molecule has 2 amide bonds. The molecule has 2 aromatic carbocycles. The normalized spacial score (nSPS) is 13.9. The number of carbonyl (C=O) groups is 2. The molecule has 24 heavy (non-hydrogen) atoms. The number of ether oxygens (including phenoxy) is 1. The van der Waals surface area contributed by atoms with Crippen molar-refractivity contribution in [2.75, 3.05) is 24.2 Å². The van der Waals surface area contributed by atoms with Crippen LogP contribution >= 0.6 is 11.8 Å². The highest BCUT2D eigenvalue weighted by Gasteiger charge is 2.23. The molecule has 6 heteroatoms. The average molecular weight is 342 g/mol. The van der Waals surface area contributed by atoms with Crippen molar-refractivity contribution in [1.82, 2.24) is 4.90 Å². The Morgan fingerprint density at radius 3 is 2.83 bits per heavy atom. The van der Waals surface area contributed by atoms with Crippen LogP contribution in [-0.2, 0) is 4.79 Å². The Kier molecular flexibility index (Phi) is 5.05. The van der Waals surface area contributed by atoms with Gasteiger partial charge < -0.3 is 15.0 Å². The minimum atomic E-state index is -0.230. The maximum absolute atomic E-state index is 12.2. The molecule has 0 spiro atoms. The number of nitrogens with zero attached hydrogens (tertiary/aromatic N) is 1. The van der Waals surface area contributed by atoms with Gasteiger partial charge in [-0.3, -0.25) is 9.59 Å². The van der Waals surface area contributed by atoms with Gasteiger partial charge in [0.2, 0.25) is 5.91 Å². The lowest BCUT2D eigenvalue weighted by molar-refractivity contribution is -0.116. The van der Waals surface area contributed by atoms with Gasteiger partial charge in [-0.1, -0.05) is 36.0 Å². The van der Waals surface area contributed by atoms with Crippen LogP contribution in [0.5, 0.6) is 11.5 Å². The number of para-hydroxylation sites is 2. The van der Waals surface area contributed by atoms with E-state index in [0.717, 1.165) is 11.3 Å². The second kappa shape index (κ2) is 7.40. The summed E-state index contributed by atoms with van der Waals surface area (Å²) in [5.74, 6) is 1.78. The summed E-state index contributed by atoms with van der Waals surface area (Å²) in [4.78, 5) is 25.3. The topological polar surface area (TPSA) is 58.6 Å². The van der Waals surface area contributed by atoms with Gasteiger partial charge in [-0.25, -0.2) is 0 Å². The Morgan fingerprint density at radius 2 is 2.08 bits per heavy atom. The molecule has 2 aromatic rings. The number of hydrogen-bond acceptors (Lipinski definition) is 4. The van der Waals surface area contributed by atoms with Crippen molar-refractivity contribution in [2.45, 2.75) is 6.92 Å². The van der Waals surface area contributed by atoms with Crippen LogP contribution in [0.15, 0.2) is 48.5 Å². The predicted octanol–water partition coefficient (Wildman–Crippen LogP) is 3.89. The van der Waals surface area contributed by atoms with Gasteiger partial charge in [-0.2, -0.15) is 0 Å². The van der Waals surface area contributed by atoms with E-state index in [2.05, 4.69) is 5.32 Å². The summed E-state index contributed by atoms with van der Waals surface area (Å²) in [5, 5.41) is 2.78. The first kappa shape index (κ1) is 16.4. The molecule has 1 N–H and O–H groups in total. The van der Waals surface area contributed by atoms with E-state index in [0.29, 0.717) is 23.7 Å². The summed E-state index contributed by atoms with van der Waals surface area (Å²) < 4.78 is 5.88. The van der Waals surface area contributed by atoms with E-state index in [1.807, 2.05) is 43.3 Å². The Morgan fingerprint density at radius 1 is 1.25 bits per heavy atom. The number of rotatable bonds is 5. The third kappa shape index (κ3) is 4.08. The SMILES string of the molecule is Cc1cccc(Oc2ccccc2NC(=O)CN2CCSC2=O)c1. The second-order valence-corrected chi connectivity index (χ2v) is 6.54. The van der Waals surface area contributed by atoms with E-state index in [9.17, 15) is 9.59 Å². The molecule has 0 aromatic heterocycles. The monoisotopic (exact) mass is 342 g/mol. The fraction of sp³-hybridized carbons (Fsp3) is 0.222. The minimum Gasteiger partial charge on any atom is -0.455 e. The van der Waals surface area contributed by atoms with Gasteiger partial charge in [0.25, 0.3) is 5.24 Å². The summed E-state index contributed by atoms with van der Waals surface area (Å²) in [6, 6.07) is 15.0. The zero-order chi connectivity index (χ0) is 16.9. The van der Waals surface area contributed by atoms with Gasteiger partial charge in [-0.05, 0) is 36.8 Å². The molecule has 0 saturated carbocycles. The van der Waals surface area contributed by atoms with Gasteiger partial charge in [0.1, 0.15) is 12.3 Å². The van der Waals surface area contributed by atoms with E-state index < -0.39 is 0 Å². The Bertz CT molecular complexity index is 763. The molecule has 0 bridgehead atoms. The van der Waals surface area contributed by atoms with Crippen molar-refractivity contribution in [2.24, 2.45) is 0 Å². The highest BCUT2D eigenvalue weighted by Crippen LogP contribution is 2.29. The number of hydrogen-bond donors (Lipinski definition) is 1. The number of carbonyl (C=O) groups excluding carboxylic acids is 2. The number of benzene rings is 2. The molecule has 1 fully saturated rings. The zero-order valence-corrected chi connectivity index (χ0v) is 14.1. The Hall–Kier alpha value is -2.47. The van der Waals surface area contributed by atoms with Gasteiger partial charge in [0.15, 0.2) is 5.75 Å². The van der Waals surface area contributed by atoms with Crippen LogP contribution in [0, 0.1) is 6.92 Å². The van der Waals surface area contributed by atoms with Crippen LogP contribution < -0.4 is 10.1 Å². The van der Waals surface area contributed by atoms with Crippen LogP contribution in [0.3, 0.4) is 0 Å². The third-order valence-electron chi connectivity index (χ3n) is 3.56. The lowest BCUT2D eigenvalue weighted by Crippen LogP contribution is -2.33. The smallest absolute Gasteiger partial charge is 0.282 e. The van der Waals surface area contributed by atoms with Crippen LogP contribution in [0.2, 0.25) is 0 Å². The first-order valence-corrected chi connectivity index (χ1v) is 8.65. The lowest BCUT2D eigenvalue weighted by Gasteiger charge is -2.16. The number of anilines is 1. The summed E-state index contributed by atoms with van der Waals surface area (Å²) in [6.07, 6.45) is 0. The van der Waals surface area contributed by atoms with E-state index in [-0.39, 0.29) is 17.7 Å². The molecule has 5 nitrogen and oxygen atoms in total. The van der Waals surface area contributed by atoms with Crippen molar-refractivity contribution in [3.05, 3.63) is 54.1 Å². The molecule has 124 valence electrons. The fourth-order valence-electron chi connectivity index (χ4n) is 2.40. The summed E-state index contributed by atoms with van der Waals surface area (Å²) in [7, 11) is 0. The van der Waals surface area contributed by atoms with Crippen molar-refractivity contribution < 1.29 is 14.3 Å². The highest BCUT2D eigenvalue weighted by atomic mass is 32.2. The molecule has 1 aliphatic rings. The predicted molar refractivity (Wildman–Crippen MR) is 95.8 cm³/mol. The van der Waals surface area contributed by atoms with Gasteiger partial charge in [0.05, 0.1) is 5.69 Å². The van der Waals surface area contributed by atoms with Crippen molar-refractivity contribution in [3.8, 4) is 11.5 Å². The molecular weight excluding hydrogens is 324 g/mol. The van der Waals surface area contributed by atoms with Crippen LogP contribution in [0.4, 0.5) is 10.5 Å². The number of thioether (sulfide) groups is 1. The highest BCUT2D eigenvalue weighted by molar-refractivity contribution is 8.13. The fourth-order valence-corrected chi connectivity index (χ4v) is 3.22. The van der Waals surface area contributed by atoms with Gasteiger partial charge >= 0.3 is 0 Å². The average Bonchev–Trinajstić information content (AvgIpc) is 2.94. The molecule has 1 aliphatic heterocycles. The summed E-state index contributed by atoms with van der Waals surface area (Å²) in [5.41, 5.74) is 1.68. The van der Waals surface area contributed by atoms with Gasteiger partial charge in [-0.15, -0.1) is 0 Å². The molecule has 0 radical (unpaired) electrons. The van der Waals surface area contributed by atoms with Crippen LogP contribution in [0.1, 0.15) is 5.56 Å². The maximum Gasteiger partial charge on any atom is 0.282 e. The van der Waals surface area contributed by atoms with E-state index in [4.69, 9.17) is 4.74 Å². The second-order valence-electron chi connectivity index (χ2n) is 5.50. The Balaban J connectivity index is 1.69. The quantitative estimate of drug-likeness (QED) is 0.895. The zero-order valence-electron chi connectivity index (χ0n) is 13.3. The summed E-state index contributed by atoms with van der Waals surface area (Å²) >= 11 is 1.24. The minimum absolute atomic E-state index is 0.0468. The molecule has 0 unspecified atom stereocenters. The van der Waals surface area contributed by atoms with E-state index in [1.54, 1.807) is 17.0 Å². The number of amides is 2. The lowest BCUT2D eigenvalue weighted by atomic mass is 10.2. The maximum atomic E-state index is 12.2. The number of nitrogens with one attached hydrogen (secondary N) is 1. The first-order valence-electron chi connectivity index (χ1n) is 7.67. The van der Waals surface area contributed by atoms with Crippen molar-refractivity contribution >= 4 is 28.6 Å². The third-order valence-corrected chi connectivity index (χ3v) is 4.45. The van der Waals surface area contributed by atoms with Crippen LogP contribution in [-0.4, -0.2) is 34.9 Å².